The molecule has 1 saturated carbocycles. The van der Waals surface area contributed by atoms with Crippen LogP contribution in [0.1, 0.15) is 29.6 Å². The van der Waals surface area contributed by atoms with E-state index in [1.54, 1.807) is 29.4 Å². The molecule has 2 aliphatic rings. The molecule has 106 valence electrons. The molecule has 1 saturated heterocycles. The number of hydrogen-bond acceptors (Lipinski definition) is 4. The second-order valence-corrected chi connectivity index (χ2v) is 5.52. The first-order valence-electron chi connectivity index (χ1n) is 7.01. The van der Waals surface area contributed by atoms with Crippen LogP contribution < -0.4 is 0 Å². The fourth-order valence-electron chi connectivity index (χ4n) is 3.60. The number of aromatic nitrogens is 1. The lowest BCUT2D eigenvalue weighted by Gasteiger charge is -2.25. The monoisotopic (exact) mass is 274 g/mol. The van der Waals surface area contributed by atoms with Crippen LogP contribution in [-0.2, 0) is 9.53 Å². The molecule has 2 fully saturated rings. The Morgan fingerprint density at radius 3 is 2.75 bits per heavy atom. The van der Waals surface area contributed by atoms with Crippen LogP contribution in [0.25, 0.3) is 0 Å². The van der Waals surface area contributed by atoms with Gasteiger partial charge >= 0.3 is 5.97 Å². The third-order valence-corrected chi connectivity index (χ3v) is 4.52. The van der Waals surface area contributed by atoms with Crippen molar-refractivity contribution in [3.8, 4) is 0 Å². The van der Waals surface area contributed by atoms with Crippen LogP contribution in [0.15, 0.2) is 24.5 Å². The Bertz CT molecular complexity index is 517. The molecule has 0 aromatic carbocycles. The van der Waals surface area contributed by atoms with Crippen LogP contribution in [0.4, 0.5) is 0 Å². The topological polar surface area (TPSA) is 59.5 Å². The highest BCUT2D eigenvalue weighted by Crippen LogP contribution is 2.42. The SMILES string of the molecule is COC(=O)[C@@H]1[C@H]2CCC[C@@H]2CN1C(=O)c1ccncc1. The molecular formula is C15H18N2O3. The van der Waals surface area contributed by atoms with Gasteiger partial charge in [0.2, 0.25) is 0 Å². The zero-order valence-electron chi connectivity index (χ0n) is 11.5. The third kappa shape index (κ3) is 2.07. The number of hydrogen-bond donors (Lipinski definition) is 0. The highest BCUT2D eigenvalue weighted by molar-refractivity contribution is 5.97. The Balaban J connectivity index is 1.88. The summed E-state index contributed by atoms with van der Waals surface area (Å²) in [5, 5.41) is 0. The summed E-state index contributed by atoms with van der Waals surface area (Å²) in [4.78, 5) is 30.3. The van der Waals surface area contributed by atoms with E-state index < -0.39 is 6.04 Å². The smallest absolute Gasteiger partial charge is 0.328 e. The quantitative estimate of drug-likeness (QED) is 0.767. The molecule has 5 nitrogen and oxygen atoms in total. The Kier molecular flexibility index (Phi) is 3.42. The molecule has 1 aliphatic heterocycles. The summed E-state index contributed by atoms with van der Waals surface area (Å²) in [6, 6.07) is 2.95. The van der Waals surface area contributed by atoms with Crippen molar-refractivity contribution < 1.29 is 14.3 Å². The van der Waals surface area contributed by atoms with Crippen LogP contribution in [0.5, 0.6) is 0 Å². The number of carbonyl (C=O) groups is 2. The van der Waals surface area contributed by atoms with E-state index in [1.807, 2.05) is 0 Å². The Hall–Kier alpha value is -1.91. The van der Waals surface area contributed by atoms with Crippen molar-refractivity contribution in [2.75, 3.05) is 13.7 Å². The van der Waals surface area contributed by atoms with E-state index in [2.05, 4.69) is 4.98 Å². The first kappa shape index (κ1) is 13.1. The number of ether oxygens (including phenoxy) is 1. The maximum Gasteiger partial charge on any atom is 0.328 e. The molecule has 20 heavy (non-hydrogen) atoms. The zero-order chi connectivity index (χ0) is 14.1. The minimum absolute atomic E-state index is 0.0998. The first-order valence-corrected chi connectivity index (χ1v) is 7.01. The predicted octanol–water partition coefficient (Wildman–Crippen LogP) is 1.50. The number of fused-ring (bicyclic) bond motifs is 1. The summed E-state index contributed by atoms with van der Waals surface area (Å²) >= 11 is 0. The second-order valence-electron chi connectivity index (χ2n) is 5.52. The van der Waals surface area contributed by atoms with Gasteiger partial charge in [0.05, 0.1) is 7.11 Å². The van der Waals surface area contributed by atoms with Gasteiger partial charge < -0.3 is 9.64 Å². The van der Waals surface area contributed by atoms with Crippen LogP contribution in [-0.4, -0.2) is 41.5 Å². The summed E-state index contributed by atoms with van der Waals surface area (Å²) in [5.41, 5.74) is 0.578. The Morgan fingerprint density at radius 1 is 1.30 bits per heavy atom. The van der Waals surface area contributed by atoms with Crippen molar-refractivity contribution in [3.63, 3.8) is 0 Å². The molecule has 0 spiro atoms. The first-order chi connectivity index (χ1) is 9.72. The summed E-state index contributed by atoms with van der Waals surface area (Å²) in [5.74, 6) is 0.303. The lowest BCUT2D eigenvalue weighted by molar-refractivity contribution is -0.146. The van der Waals surface area contributed by atoms with Crippen molar-refractivity contribution in [3.05, 3.63) is 30.1 Å². The Labute approximate surface area is 117 Å². The number of esters is 1. The van der Waals surface area contributed by atoms with Gasteiger partial charge in [-0.25, -0.2) is 4.79 Å². The number of pyridine rings is 1. The molecule has 0 unspecified atom stereocenters. The molecule has 0 radical (unpaired) electrons. The van der Waals surface area contributed by atoms with Crippen molar-refractivity contribution in [2.24, 2.45) is 11.8 Å². The minimum Gasteiger partial charge on any atom is -0.467 e. The second kappa shape index (κ2) is 5.23. The third-order valence-electron chi connectivity index (χ3n) is 4.52. The molecule has 0 N–H and O–H groups in total. The van der Waals surface area contributed by atoms with E-state index in [1.165, 1.54) is 7.11 Å². The van der Waals surface area contributed by atoms with Crippen LogP contribution >= 0.6 is 0 Å². The van der Waals surface area contributed by atoms with Crippen molar-refractivity contribution in [2.45, 2.75) is 25.3 Å². The standard InChI is InChI=1S/C15H18N2O3/c1-20-15(19)13-12-4-2-3-11(12)9-17(13)14(18)10-5-7-16-8-6-10/h5-8,11-13H,2-4,9H2,1H3/t11-,12+,13+/m1/s1. The number of methoxy groups -OCH3 is 1. The molecule has 2 heterocycles. The molecule has 3 rings (SSSR count). The van der Waals surface area contributed by atoms with E-state index in [0.29, 0.717) is 18.0 Å². The largest absolute Gasteiger partial charge is 0.467 e. The summed E-state index contributed by atoms with van der Waals surface area (Å²) in [6.45, 7) is 0.658. The number of likely N-dealkylation sites (tertiary alicyclic amines) is 1. The van der Waals surface area contributed by atoms with Gasteiger partial charge in [-0.2, -0.15) is 0 Å². The Morgan fingerprint density at radius 2 is 2.05 bits per heavy atom. The maximum absolute atomic E-state index is 12.6. The van der Waals surface area contributed by atoms with E-state index in [-0.39, 0.29) is 17.8 Å². The van der Waals surface area contributed by atoms with Gasteiger partial charge in [-0.3, -0.25) is 9.78 Å². The van der Waals surface area contributed by atoms with Crippen LogP contribution in [0, 0.1) is 11.8 Å². The van der Waals surface area contributed by atoms with E-state index >= 15 is 0 Å². The average Bonchev–Trinajstić information content (AvgIpc) is 3.07. The highest BCUT2D eigenvalue weighted by atomic mass is 16.5. The lowest BCUT2D eigenvalue weighted by atomic mass is 9.94. The van der Waals surface area contributed by atoms with Gasteiger partial charge in [0, 0.05) is 24.5 Å². The molecule has 0 bridgehead atoms. The van der Waals surface area contributed by atoms with Gasteiger partial charge in [-0.15, -0.1) is 0 Å². The summed E-state index contributed by atoms with van der Waals surface area (Å²) < 4.78 is 4.91. The van der Waals surface area contributed by atoms with Crippen molar-refractivity contribution in [1.29, 1.82) is 0 Å². The van der Waals surface area contributed by atoms with Crippen LogP contribution in [0.3, 0.4) is 0 Å². The average molecular weight is 274 g/mol. The molecule has 3 atom stereocenters. The number of nitrogens with zero attached hydrogens (tertiary/aromatic N) is 2. The molecule has 1 aromatic rings. The summed E-state index contributed by atoms with van der Waals surface area (Å²) in [6.07, 6.45) is 6.43. The molecule has 1 amide bonds. The van der Waals surface area contributed by atoms with Gasteiger partial charge in [-0.05, 0) is 36.8 Å². The fourth-order valence-corrected chi connectivity index (χ4v) is 3.60. The number of amides is 1. The van der Waals surface area contributed by atoms with Gasteiger partial charge in [0.25, 0.3) is 5.91 Å². The number of carbonyl (C=O) groups excluding carboxylic acids is 2. The molecule has 5 heteroatoms. The van der Waals surface area contributed by atoms with Gasteiger partial charge in [0.1, 0.15) is 6.04 Å². The van der Waals surface area contributed by atoms with Gasteiger partial charge in [0.15, 0.2) is 0 Å². The highest BCUT2D eigenvalue weighted by Gasteiger charge is 2.50. The van der Waals surface area contributed by atoms with E-state index in [9.17, 15) is 9.59 Å². The van der Waals surface area contributed by atoms with E-state index in [4.69, 9.17) is 4.74 Å². The van der Waals surface area contributed by atoms with Crippen LogP contribution in [0.2, 0.25) is 0 Å². The van der Waals surface area contributed by atoms with Crippen molar-refractivity contribution >= 4 is 11.9 Å². The maximum atomic E-state index is 12.6. The minimum atomic E-state index is -0.423. The van der Waals surface area contributed by atoms with Crippen molar-refractivity contribution in [1.82, 2.24) is 9.88 Å². The zero-order valence-corrected chi connectivity index (χ0v) is 11.5. The predicted molar refractivity (Wildman–Crippen MR) is 71.9 cm³/mol. The van der Waals surface area contributed by atoms with Gasteiger partial charge in [-0.1, -0.05) is 6.42 Å². The normalized spacial score (nSPS) is 28.2. The molecule has 1 aliphatic carbocycles. The summed E-state index contributed by atoms with van der Waals surface area (Å²) in [7, 11) is 1.39. The molecule has 1 aromatic heterocycles. The van der Waals surface area contributed by atoms with E-state index in [0.717, 1.165) is 19.3 Å². The number of rotatable bonds is 2. The molecular weight excluding hydrogens is 256 g/mol. The fraction of sp³-hybridized carbons (Fsp3) is 0.533. The lowest BCUT2D eigenvalue weighted by Crippen LogP contribution is -2.43.